The summed E-state index contributed by atoms with van der Waals surface area (Å²) in [5, 5.41) is 19.4. The van der Waals surface area contributed by atoms with E-state index >= 15 is 0 Å². The minimum Gasteiger partial charge on any atom is -0.395 e. The summed E-state index contributed by atoms with van der Waals surface area (Å²) in [6.07, 6.45) is 4.88. The highest BCUT2D eigenvalue weighted by atomic mass is 32.2. The van der Waals surface area contributed by atoms with E-state index in [0.717, 1.165) is 0 Å². The first kappa shape index (κ1) is 15.4. The van der Waals surface area contributed by atoms with Crippen LogP contribution in [-0.2, 0) is 0 Å². The molecule has 21 heavy (non-hydrogen) atoms. The lowest BCUT2D eigenvalue weighted by Gasteiger charge is -2.21. The lowest BCUT2D eigenvalue weighted by Crippen LogP contribution is -2.32. The first-order valence-corrected chi connectivity index (χ1v) is 7.65. The summed E-state index contributed by atoms with van der Waals surface area (Å²) in [7, 11) is 1.73. The Labute approximate surface area is 126 Å². The third-order valence-corrected chi connectivity index (χ3v) is 4.03. The molecule has 0 spiro atoms. The number of aliphatic hydroxyl groups excluding tert-OH is 1. The molecule has 0 fully saturated rings. The molecule has 2 aromatic rings. The summed E-state index contributed by atoms with van der Waals surface area (Å²) in [6, 6.07) is 0.000651. The predicted octanol–water partition coefficient (Wildman–Crippen LogP) is 0.0183. The molecule has 0 aliphatic carbocycles. The SMILES string of the molecule is CNc1nc(NC(C)C(CO)SC)nc(-n2cncn2)n1. The third kappa shape index (κ3) is 3.79. The summed E-state index contributed by atoms with van der Waals surface area (Å²) in [5.41, 5.74) is 0. The fourth-order valence-corrected chi connectivity index (χ4v) is 2.31. The van der Waals surface area contributed by atoms with Crippen LogP contribution in [0.25, 0.3) is 5.95 Å². The van der Waals surface area contributed by atoms with Gasteiger partial charge in [0, 0.05) is 18.3 Å². The van der Waals surface area contributed by atoms with Gasteiger partial charge in [-0.1, -0.05) is 0 Å². The van der Waals surface area contributed by atoms with Gasteiger partial charge in [0.05, 0.1) is 6.61 Å². The average molecular weight is 310 g/mol. The lowest BCUT2D eigenvalue weighted by molar-refractivity contribution is 0.288. The molecule has 2 unspecified atom stereocenters. The van der Waals surface area contributed by atoms with Crippen LogP contribution in [0.4, 0.5) is 11.9 Å². The number of anilines is 2. The Morgan fingerprint density at radius 2 is 2.10 bits per heavy atom. The van der Waals surface area contributed by atoms with Gasteiger partial charge in [-0.05, 0) is 13.2 Å². The van der Waals surface area contributed by atoms with Crippen molar-refractivity contribution in [2.24, 2.45) is 0 Å². The molecule has 10 heteroatoms. The van der Waals surface area contributed by atoms with Crippen molar-refractivity contribution in [2.45, 2.75) is 18.2 Å². The highest BCUT2D eigenvalue weighted by Crippen LogP contribution is 2.15. The van der Waals surface area contributed by atoms with Gasteiger partial charge in [-0.3, -0.25) is 0 Å². The largest absolute Gasteiger partial charge is 0.395 e. The Hall–Kier alpha value is -1.94. The monoisotopic (exact) mass is 310 g/mol. The number of rotatable bonds is 7. The zero-order valence-corrected chi connectivity index (χ0v) is 12.9. The van der Waals surface area contributed by atoms with E-state index in [2.05, 4.69) is 35.7 Å². The highest BCUT2D eigenvalue weighted by molar-refractivity contribution is 7.99. The fourth-order valence-electron chi connectivity index (χ4n) is 1.69. The molecule has 0 amide bonds. The van der Waals surface area contributed by atoms with Gasteiger partial charge in [-0.2, -0.15) is 36.5 Å². The summed E-state index contributed by atoms with van der Waals surface area (Å²) >= 11 is 1.58. The molecule has 0 saturated carbocycles. The van der Waals surface area contributed by atoms with Crippen LogP contribution in [0.3, 0.4) is 0 Å². The van der Waals surface area contributed by atoms with Crippen molar-refractivity contribution in [1.82, 2.24) is 29.7 Å². The number of nitrogens with zero attached hydrogens (tertiary/aromatic N) is 6. The summed E-state index contributed by atoms with van der Waals surface area (Å²) in [4.78, 5) is 16.7. The number of aliphatic hydroxyl groups is 1. The molecule has 3 N–H and O–H groups in total. The second-order valence-electron chi connectivity index (χ2n) is 4.26. The fraction of sp³-hybridized carbons (Fsp3) is 0.545. The molecule has 0 aliphatic rings. The van der Waals surface area contributed by atoms with Crippen LogP contribution in [0.2, 0.25) is 0 Å². The lowest BCUT2D eigenvalue weighted by atomic mass is 10.2. The van der Waals surface area contributed by atoms with Crippen LogP contribution in [0.15, 0.2) is 12.7 Å². The zero-order valence-electron chi connectivity index (χ0n) is 12.1. The van der Waals surface area contributed by atoms with Crippen LogP contribution in [-0.4, -0.2) is 66.0 Å². The molecule has 9 nitrogen and oxygen atoms in total. The maximum atomic E-state index is 9.33. The number of hydrogen-bond donors (Lipinski definition) is 3. The van der Waals surface area contributed by atoms with Crippen molar-refractivity contribution in [3.05, 3.63) is 12.7 Å². The van der Waals surface area contributed by atoms with E-state index in [1.807, 2.05) is 13.2 Å². The molecule has 2 rings (SSSR count). The Balaban J connectivity index is 2.25. The van der Waals surface area contributed by atoms with Gasteiger partial charge in [0.2, 0.25) is 11.9 Å². The van der Waals surface area contributed by atoms with Crippen molar-refractivity contribution < 1.29 is 5.11 Å². The first-order chi connectivity index (χ1) is 10.2. The number of hydrogen-bond acceptors (Lipinski definition) is 9. The second-order valence-corrected chi connectivity index (χ2v) is 5.34. The smallest absolute Gasteiger partial charge is 0.258 e. The maximum absolute atomic E-state index is 9.33. The Morgan fingerprint density at radius 1 is 1.33 bits per heavy atom. The molecular weight excluding hydrogens is 292 g/mol. The number of aromatic nitrogens is 6. The van der Waals surface area contributed by atoms with Gasteiger partial charge in [0.1, 0.15) is 12.7 Å². The summed E-state index contributed by atoms with van der Waals surface area (Å²) in [5.74, 6) is 1.21. The summed E-state index contributed by atoms with van der Waals surface area (Å²) < 4.78 is 1.45. The predicted molar refractivity (Wildman–Crippen MR) is 81.8 cm³/mol. The number of nitrogens with one attached hydrogen (secondary N) is 2. The molecule has 0 bridgehead atoms. The number of thioether (sulfide) groups is 1. The molecule has 0 aromatic carbocycles. The van der Waals surface area contributed by atoms with Crippen molar-refractivity contribution >= 4 is 23.7 Å². The quantitative estimate of drug-likeness (QED) is 0.651. The molecule has 0 radical (unpaired) electrons. The van der Waals surface area contributed by atoms with Gasteiger partial charge in [-0.15, -0.1) is 0 Å². The standard InChI is InChI=1S/C11H18N8OS/c1-7(8(4-20)21-3)15-10-16-9(12-2)17-11(18-10)19-6-13-5-14-19/h5-8,20H,4H2,1-3H3,(H2,12,15,16,17,18). The van der Waals surface area contributed by atoms with E-state index in [0.29, 0.717) is 17.8 Å². The van der Waals surface area contributed by atoms with E-state index in [4.69, 9.17) is 0 Å². The Bertz CT molecular complexity index is 559. The van der Waals surface area contributed by atoms with Gasteiger partial charge in [0.15, 0.2) is 0 Å². The van der Waals surface area contributed by atoms with Crippen molar-refractivity contribution in [3.8, 4) is 5.95 Å². The van der Waals surface area contributed by atoms with Crippen LogP contribution < -0.4 is 10.6 Å². The molecule has 114 valence electrons. The molecular formula is C11H18N8OS. The Morgan fingerprint density at radius 3 is 2.67 bits per heavy atom. The highest BCUT2D eigenvalue weighted by Gasteiger charge is 2.17. The van der Waals surface area contributed by atoms with Crippen LogP contribution in [0.5, 0.6) is 0 Å². The molecule has 0 aliphatic heterocycles. The van der Waals surface area contributed by atoms with E-state index in [1.54, 1.807) is 18.8 Å². The topological polar surface area (TPSA) is 114 Å². The van der Waals surface area contributed by atoms with Crippen molar-refractivity contribution in [1.29, 1.82) is 0 Å². The van der Waals surface area contributed by atoms with E-state index in [1.165, 1.54) is 17.3 Å². The van der Waals surface area contributed by atoms with Crippen LogP contribution in [0, 0.1) is 0 Å². The van der Waals surface area contributed by atoms with Gasteiger partial charge < -0.3 is 15.7 Å². The van der Waals surface area contributed by atoms with E-state index < -0.39 is 0 Å². The summed E-state index contributed by atoms with van der Waals surface area (Å²) in [6.45, 7) is 2.05. The van der Waals surface area contributed by atoms with Crippen molar-refractivity contribution in [2.75, 3.05) is 30.5 Å². The average Bonchev–Trinajstić information content (AvgIpc) is 3.02. The minimum absolute atomic E-state index is 0.000651. The zero-order chi connectivity index (χ0) is 15.2. The van der Waals surface area contributed by atoms with Gasteiger partial charge >= 0.3 is 0 Å². The second kappa shape index (κ2) is 7.18. The molecule has 2 heterocycles. The molecule has 2 aromatic heterocycles. The maximum Gasteiger partial charge on any atom is 0.258 e. The molecule has 0 saturated heterocycles. The normalized spacial score (nSPS) is 13.7. The van der Waals surface area contributed by atoms with Gasteiger partial charge in [-0.25, -0.2) is 4.98 Å². The first-order valence-electron chi connectivity index (χ1n) is 6.37. The van der Waals surface area contributed by atoms with E-state index in [-0.39, 0.29) is 17.9 Å². The van der Waals surface area contributed by atoms with Crippen LogP contribution in [0.1, 0.15) is 6.92 Å². The Kier molecular flexibility index (Phi) is 5.28. The van der Waals surface area contributed by atoms with E-state index in [9.17, 15) is 5.11 Å². The van der Waals surface area contributed by atoms with Crippen molar-refractivity contribution in [3.63, 3.8) is 0 Å². The third-order valence-electron chi connectivity index (χ3n) is 2.87. The molecule has 2 atom stereocenters. The van der Waals surface area contributed by atoms with Gasteiger partial charge in [0.25, 0.3) is 5.95 Å². The minimum atomic E-state index is 0.000651. The van der Waals surface area contributed by atoms with Crippen LogP contribution >= 0.6 is 11.8 Å².